The van der Waals surface area contributed by atoms with Gasteiger partial charge in [0.15, 0.2) is 6.61 Å². The average Bonchev–Trinajstić information content (AvgIpc) is 3.10. The third-order valence-electron chi connectivity index (χ3n) is 3.31. The van der Waals surface area contributed by atoms with Crippen LogP contribution in [0.4, 0.5) is 8.78 Å². The minimum atomic E-state index is -1.00. The van der Waals surface area contributed by atoms with Crippen molar-refractivity contribution in [1.29, 1.82) is 5.26 Å². The molecule has 2 rings (SSSR count). The standard InChI is InChI=1S/C18H14F2N2O4/c1-11(15-5-4-13(19)8-16(15)20)22-17(23)10-26-18(24)12(9-21)7-14-3-2-6-25-14/h2-8,11H,10H2,1H3,(H,22,23)/b12-7+/t11-/m1/s1. The number of esters is 1. The Kier molecular flexibility index (Phi) is 6.22. The fraction of sp³-hybridized carbons (Fsp3) is 0.167. The zero-order valence-electron chi connectivity index (χ0n) is 13.7. The van der Waals surface area contributed by atoms with E-state index in [1.165, 1.54) is 31.4 Å². The van der Waals surface area contributed by atoms with Gasteiger partial charge in [-0.3, -0.25) is 4.79 Å². The highest BCUT2D eigenvalue weighted by Gasteiger charge is 2.17. The molecule has 0 saturated heterocycles. The molecule has 0 saturated carbocycles. The summed E-state index contributed by atoms with van der Waals surface area (Å²) in [6, 6.07) is 6.99. The van der Waals surface area contributed by atoms with E-state index in [1.807, 2.05) is 0 Å². The second-order valence-electron chi connectivity index (χ2n) is 5.22. The van der Waals surface area contributed by atoms with Crippen molar-refractivity contribution in [3.8, 4) is 6.07 Å². The number of nitrogens with zero attached hydrogens (tertiary/aromatic N) is 1. The van der Waals surface area contributed by atoms with E-state index in [0.29, 0.717) is 6.07 Å². The van der Waals surface area contributed by atoms with E-state index in [2.05, 4.69) is 5.32 Å². The van der Waals surface area contributed by atoms with Crippen molar-refractivity contribution in [1.82, 2.24) is 5.32 Å². The lowest BCUT2D eigenvalue weighted by Crippen LogP contribution is -2.31. The molecule has 1 aromatic heterocycles. The van der Waals surface area contributed by atoms with Crippen LogP contribution in [0.25, 0.3) is 6.08 Å². The van der Waals surface area contributed by atoms with Crippen molar-refractivity contribution in [2.24, 2.45) is 0 Å². The number of hydrogen-bond donors (Lipinski definition) is 1. The fourth-order valence-electron chi connectivity index (χ4n) is 2.07. The van der Waals surface area contributed by atoms with Crippen LogP contribution in [0.15, 0.2) is 46.6 Å². The van der Waals surface area contributed by atoms with E-state index in [-0.39, 0.29) is 16.9 Å². The summed E-state index contributed by atoms with van der Waals surface area (Å²) in [6.07, 6.45) is 2.55. The normalized spacial score (nSPS) is 12.2. The van der Waals surface area contributed by atoms with Crippen LogP contribution in [0.2, 0.25) is 0 Å². The molecule has 0 radical (unpaired) electrons. The van der Waals surface area contributed by atoms with Crippen molar-refractivity contribution < 1.29 is 27.5 Å². The Bertz CT molecular complexity index is 870. The molecule has 0 spiro atoms. The van der Waals surface area contributed by atoms with Gasteiger partial charge in [0.1, 0.15) is 29.0 Å². The molecule has 0 bridgehead atoms. The molecule has 2 aromatic rings. The molecular formula is C18H14F2N2O4. The minimum absolute atomic E-state index is 0.0847. The van der Waals surface area contributed by atoms with Gasteiger partial charge < -0.3 is 14.5 Å². The summed E-state index contributed by atoms with van der Waals surface area (Å²) in [5.41, 5.74) is -0.258. The second-order valence-corrected chi connectivity index (χ2v) is 5.22. The van der Waals surface area contributed by atoms with Gasteiger partial charge in [-0.15, -0.1) is 0 Å². The number of nitrogens with one attached hydrogen (secondary N) is 1. The van der Waals surface area contributed by atoms with Gasteiger partial charge >= 0.3 is 5.97 Å². The molecule has 134 valence electrons. The number of halogens is 2. The first-order valence-corrected chi connectivity index (χ1v) is 7.47. The summed E-state index contributed by atoms with van der Waals surface area (Å²) in [5.74, 6) is -2.96. The largest absolute Gasteiger partial charge is 0.465 e. The molecule has 0 fully saturated rings. The molecule has 1 N–H and O–H groups in total. The smallest absolute Gasteiger partial charge is 0.349 e. The lowest BCUT2D eigenvalue weighted by Gasteiger charge is -2.15. The van der Waals surface area contributed by atoms with Gasteiger partial charge in [-0.2, -0.15) is 5.26 Å². The number of nitriles is 1. The number of rotatable bonds is 6. The number of hydrogen-bond acceptors (Lipinski definition) is 5. The number of carbonyl (C=O) groups is 2. The highest BCUT2D eigenvalue weighted by molar-refractivity contribution is 5.98. The van der Waals surface area contributed by atoms with Crippen LogP contribution in [0, 0.1) is 23.0 Å². The van der Waals surface area contributed by atoms with Crippen molar-refractivity contribution in [2.75, 3.05) is 6.61 Å². The van der Waals surface area contributed by atoms with Crippen LogP contribution in [-0.2, 0) is 14.3 Å². The summed E-state index contributed by atoms with van der Waals surface area (Å²) >= 11 is 0. The molecule has 0 aliphatic heterocycles. The molecule has 1 aromatic carbocycles. The molecule has 1 atom stereocenters. The molecule has 6 nitrogen and oxygen atoms in total. The molecule has 1 amide bonds. The SMILES string of the molecule is C[C@@H](NC(=O)COC(=O)/C(C#N)=C/c1ccco1)c1ccc(F)cc1F. The summed E-state index contributed by atoms with van der Waals surface area (Å²) in [7, 11) is 0. The zero-order valence-corrected chi connectivity index (χ0v) is 13.7. The summed E-state index contributed by atoms with van der Waals surface area (Å²) in [6.45, 7) is 0.830. The first kappa shape index (κ1) is 18.9. The number of amides is 1. The zero-order chi connectivity index (χ0) is 19.1. The molecular weight excluding hydrogens is 346 g/mol. The quantitative estimate of drug-likeness (QED) is 0.486. The van der Waals surface area contributed by atoms with Crippen LogP contribution in [-0.4, -0.2) is 18.5 Å². The Morgan fingerprint density at radius 2 is 2.15 bits per heavy atom. The highest BCUT2D eigenvalue weighted by Crippen LogP contribution is 2.17. The lowest BCUT2D eigenvalue weighted by atomic mass is 10.1. The molecule has 0 aliphatic rings. The van der Waals surface area contributed by atoms with Crippen LogP contribution < -0.4 is 5.32 Å². The molecule has 0 unspecified atom stereocenters. The van der Waals surface area contributed by atoms with E-state index >= 15 is 0 Å². The van der Waals surface area contributed by atoms with E-state index < -0.39 is 36.2 Å². The Hall–Kier alpha value is -3.47. The first-order valence-electron chi connectivity index (χ1n) is 7.47. The van der Waals surface area contributed by atoms with Gasteiger partial charge in [0.25, 0.3) is 5.91 Å². The van der Waals surface area contributed by atoms with E-state index in [1.54, 1.807) is 12.1 Å². The highest BCUT2D eigenvalue weighted by atomic mass is 19.1. The number of ether oxygens (including phenoxy) is 1. The van der Waals surface area contributed by atoms with Crippen LogP contribution in [0.1, 0.15) is 24.3 Å². The second kappa shape index (κ2) is 8.58. The summed E-state index contributed by atoms with van der Waals surface area (Å²) in [5, 5.41) is 11.4. The maximum atomic E-state index is 13.7. The van der Waals surface area contributed by atoms with Crippen molar-refractivity contribution in [2.45, 2.75) is 13.0 Å². The van der Waals surface area contributed by atoms with Crippen LogP contribution >= 0.6 is 0 Å². The van der Waals surface area contributed by atoms with Crippen LogP contribution in [0.3, 0.4) is 0 Å². The monoisotopic (exact) mass is 360 g/mol. The van der Waals surface area contributed by atoms with Crippen LogP contribution in [0.5, 0.6) is 0 Å². The van der Waals surface area contributed by atoms with Gasteiger partial charge in [-0.25, -0.2) is 13.6 Å². The average molecular weight is 360 g/mol. The third kappa shape index (κ3) is 5.01. The van der Waals surface area contributed by atoms with Gasteiger partial charge in [0, 0.05) is 17.7 Å². The number of furan rings is 1. The Balaban J connectivity index is 1.91. The fourth-order valence-corrected chi connectivity index (χ4v) is 2.07. The van der Waals surface area contributed by atoms with Gasteiger partial charge in [-0.1, -0.05) is 6.07 Å². The van der Waals surface area contributed by atoms with E-state index in [0.717, 1.165) is 6.07 Å². The third-order valence-corrected chi connectivity index (χ3v) is 3.31. The maximum absolute atomic E-state index is 13.7. The Labute approximate surface area is 147 Å². The van der Waals surface area contributed by atoms with Gasteiger partial charge in [0.2, 0.25) is 0 Å². The Morgan fingerprint density at radius 1 is 1.38 bits per heavy atom. The van der Waals surface area contributed by atoms with E-state index in [9.17, 15) is 18.4 Å². The topological polar surface area (TPSA) is 92.3 Å². The molecule has 0 aliphatic carbocycles. The molecule has 1 heterocycles. The predicted molar refractivity (Wildman–Crippen MR) is 86.2 cm³/mol. The maximum Gasteiger partial charge on any atom is 0.349 e. The number of carbonyl (C=O) groups excluding carboxylic acids is 2. The Morgan fingerprint density at radius 3 is 2.77 bits per heavy atom. The summed E-state index contributed by atoms with van der Waals surface area (Å²) < 4.78 is 36.3. The first-order chi connectivity index (χ1) is 12.4. The number of benzene rings is 1. The molecule has 26 heavy (non-hydrogen) atoms. The lowest BCUT2D eigenvalue weighted by molar-refractivity contribution is -0.144. The molecule has 8 heteroatoms. The van der Waals surface area contributed by atoms with Gasteiger partial charge in [0.05, 0.1) is 12.3 Å². The van der Waals surface area contributed by atoms with E-state index in [4.69, 9.17) is 14.4 Å². The minimum Gasteiger partial charge on any atom is -0.465 e. The summed E-state index contributed by atoms with van der Waals surface area (Å²) in [4.78, 5) is 23.6. The van der Waals surface area contributed by atoms with Crippen molar-refractivity contribution in [3.05, 3.63) is 65.1 Å². The predicted octanol–water partition coefficient (Wildman–Crippen LogP) is 2.89. The van der Waals surface area contributed by atoms with Gasteiger partial charge in [-0.05, 0) is 25.1 Å². The van der Waals surface area contributed by atoms with Crippen molar-refractivity contribution in [3.63, 3.8) is 0 Å². The van der Waals surface area contributed by atoms with Crippen molar-refractivity contribution >= 4 is 18.0 Å².